The first-order valence-electron chi connectivity index (χ1n) is 10.7. The van der Waals surface area contributed by atoms with Gasteiger partial charge in [0.25, 0.3) is 0 Å². The quantitative estimate of drug-likeness (QED) is 0.420. The van der Waals surface area contributed by atoms with Crippen LogP contribution >= 0.6 is 11.6 Å². The summed E-state index contributed by atoms with van der Waals surface area (Å²) in [7, 11) is 0. The molecule has 0 saturated carbocycles. The monoisotopic (exact) mass is 463 g/mol. The van der Waals surface area contributed by atoms with Crippen LogP contribution in [0.3, 0.4) is 0 Å². The van der Waals surface area contributed by atoms with Gasteiger partial charge in [0.2, 0.25) is 5.91 Å². The highest BCUT2D eigenvalue weighted by Gasteiger charge is 2.38. The number of carbonyl (C=O) groups excluding carboxylic acids is 2. The summed E-state index contributed by atoms with van der Waals surface area (Å²) in [6.07, 6.45) is 0.0330. The Morgan fingerprint density at radius 2 is 1.70 bits per heavy atom. The fourth-order valence-electron chi connectivity index (χ4n) is 4.09. The largest absolute Gasteiger partial charge is 0.457 e. The summed E-state index contributed by atoms with van der Waals surface area (Å²) in [5, 5.41) is 0.471. The second-order valence-corrected chi connectivity index (χ2v) is 8.32. The van der Waals surface area contributed by atoms with E-state index in [2.05, 4.69) is 0 Å². The van der Waals surface area contributed by atoms with Gasteiger partial charge in [0, 0.05) is 28.6 Å². The normalized spacial score (nSPS) is 16.2. The van der Waals surface area contributed by atoms with Crippen LogP contribution in [-0.4, -0.2) is 16.8 Å². The molecule has 1 heterocycles. The van der Waals surface area contributed by atoms with Crippen molar-refractivity contribution in [2.24, 2.45) is 0 Å². The SMILES string of the molecule is CC1=C(C(=O)OCc2ccccc2)C(c2ccccc2Cl)CC(=O)N1Cc1ccccc1F. The van der Waals surface area contributed by atoms with E-state index in [1.165, 1.54) is 11.0 Å². The zero-order valence-corrected chi connectivity index (χ0v) is 18.9. The van der Waals surface area contributed by atoms with Crippen LogP contribution in [0.5, 0.6) is 0 Å². The van der Waals surface area contributed by atoms with Crippen LogP contribution < -0.4 is 0 Å². The molecule has 1 aliphatic heterocycles. The van der Waals surface area contributed by atoms with Gasteiger partial charge in [-0.15, -0.1) is 0 Å². The number of allylic oxidation sites excluding steroid dienone is 1. The highest BCUT2D eigenvalue weighted by molar-refractivity contribution is 6.31. The van der Waals surface area contributed by atoms with Gasteiger partial charge in [-0.2, -0.15) is 0 Å². The molecule has 1 amide bonds. The number of carbonyl (C=O) groups is 2. The third kappa shape index (κ3) is 4.99. The Morgan fingerprint density at radius 3 is 2.42 bits per heavy atom. The molecule has 0 aliphatic carbocycles. The smallest absolute Gasteiger partial charge is 0.336 e. The van der Waals surface area contributed by atoms with Crippen molar-refractivity contribution in [3.8, 4) is 0 Å². The molecule has 0 fully saturated rings. The number of halogens is 2. The van der Waals surface area contributed by atoms with Gasteiger partial charge in [-0.25, -0.2) is 9.18 Å². The van der Waals surface area contributed by atoms with Gasteiger partial charge in [-0.05, 0) is 30.2 Å². The minimum absolute atomic E-state index is 0.0298. The number of nitrogens with zero attached hydrogens (tertiary/aromatic N) is 1. The molecule has 0 aromatic heterocycles. The van der Waals surface area contributed by atoms with Gasteiger partial charge >= 0.3 is 5.97 Å². The fraction of sp³-hybridized carbons (Fsp3) is 0.185. The van der Waals surface area contributed by atoms with E-state index in [4.69, 9.17) is 16.3 Å². The number of amides is 1. The Labute approximate surface area is 197 Å². The Bertz CT molecular complexity index is 1210. The lowest BCUT2D eigenvalue weighted by molar-refractivity contribution is -0.141. The standard InChI is InChI=1S/C27H23ClFNO3/c1-18-26(27(32)33-17-19-9-3-2-4-10-19)22(21-12-6-7-13-23(21)28)15-25(31)30(18)16-20-11-5-8-14-24(20)29/h2-14,22H,15-17H2,1H3. The zero-order chi connectivity index (χ0) is 23.4. The Balaban J connectivity index is 1.71. The van der Waals surface area contributed by atoms with Gasteiger partial charge in [-0.1, -0.05) is 78.3 Å². The highest BCUT2D eigenvalue weighted by Crippen LogP contribution is 2.40. The summed E-state index contributed by atoms with van der Waals surface area (Å²) < 4.78 is 19.9. The summed E-state index contributed by atoms with van der Waals surface area (Å²) in [6, 6.07) is 22.8. The Hall–Kier alpha value is -3.44. The molecule has 1 aliphatic rings. The molecule has 1 unspecified atom stereocenters. The van der Waals surface area contributed by atoms with Crippen molar-refractivity contribution in [1.29, 1.82) is 0 Å². The molecule has 0 saturated heterocycles. The summed E-state index contributed by atoms with van der Waals surface area (Å²) >= 11 is 6.43. The van der Waals surface area contributed by atoms with Crippen LogP contribution in [0.25, 0.3) is 0 Å². The predicted molar refractivity (Wildman–Crippen MR) is 125 cm³/mol. The van der Waals surface area contributed by atoms with E-state index in [1.54, 1.807) is 37.3 Å². The maximum absolute atomic E-state index is 14.3. The maximum atomic E-state index is 14.3. The molecule has 0 N–H and O–H groups in total. The van der Waals surface area contributed by atoms with Crippen LogP contribution in [-0.2, 0) is 27.5 Å². The number of hydrogen-bond donors (Lipinski definition) is 0. The van der Waals surface area contributed by atoms with Crippen LogP contribution in [0, 0.1) is 5.82 Å². The molecule has 0 spiro atoms. The van der Waals surface area contributed by atoms with Crippen LogP contribution in [0.2, 0.25) is 5.02 Å². The van der Waals surface area contributed by atoms with Gasteiger partial charge in [0.1, 0.15) is 12.4 Å². The second kappa shape index (κ2) is 10.0. The number of ether oxygens (including phenoxy) is 1. The third-order valence-corrected chi connectivity index (χ3v) is 6.17. The molecule has 0 radical (unpaired) electrons. The highest BCUT2D eigenvalue weighted by atomic mass is 35.5. The van der Waals surface area contributed by atoms with Gasteiger partial charge in [0.15, 0.2) is 0 Å². The minimum atomic E-state index is -0.550. The lowest BCUT2D eigenvalue weighted by Crippen LogP contribution is -2.38. The van der Waals surface area contributed by atoms with Crippen molar-refractivity contribution < 1.29 is 18.7 Å². The van der Waals surface area contributed by atoms with E-state index in [9.17, 15) is 14.0 Å². The predicted octanol–water partition coefficient (Wildman–Crippen LogP) is 6.01. The van der Waals surface area contributed by atoms with Crippen molar-refractivity contribution in [2.75, 3.05) is 0 Å². The van der Waals surface area contributed by atoms with E-state index in [0.29, 0.717) is 27.4 Å². The maximum Gasteiger partial charge on any atom is 0.336 e. The van der Waals surface area contributed by atoms with Crippen molar-refractivity contribution in [1.82, 2.24) is 4.90 Å². The van der Waals surface area contributed by atoms with Gasteiger partial charge in [0.05, 0.1) is 12.1 Å². The molecule has 1 atom stereocenters. The topological polar surface area (TPSA) is 46.6 Å². The second-order valence-electron chi connectivity index (χ2n) is 7.91. The average molecular weight is 464 g/mol. The average Bonchev–Trinajstić information content (AvgIpc) is 2.82. The van der Waals surface area contributed by atoms with Gasteiger partial charge < -0.3 is 9.64 Å². The Morgan fingerprint density at radius 1 is 1.03 bits per heavy atom. The molecule has 4 nitrogen and oxygen atoms in total. The lowest BCUT2D eigenvalue weighted by Gasteiger charge is -2.35. The van der Waals surface area contributed by atoms with Crippen molar-refractivity contribution >= 4 is 23.5 Å². The summed E-state index contributed by atoms with van der Waals surface area (Å²) in [6.45, 7) is 1.83. The molecule has 33 heavy (non-hydrogen) atoms. The molecule has 3 aromatic rings. The number of hydrogen-bond acceptors (Lipinski definition) is 3. The number of rotatable bonds is 6. The molecule has 6 heteroatoms. The summed E-state index contributed by atoms with van der Waals surface area (Å²) in [5.74, 6) is -1.68. The minimum Gasteiger partial charge on any atom is -0.457 e. The first-order chi connectivity index (χ1) is 16.0. The van der Waals surface area contributed by atoms with Crippen LogP contribution in [0.4, 0.5) is 4.39 Å². The molecule has 0 bridgehead atoms. The summed E-state index contributed by atoms with van der Waals surface area (Å²) in [4.78, 5) is 27.9. The summed E-state index contributed by atoms with van der Waals surface area (Å²) in [5.41, 5.74) is 2.71. The molecule has 168 valence electrons. The number of esters is 1. The first-order valence-corrected chi connectivity index (χ1v) is 11.0. The zero-order valence-electron chi connectivity index (χ0n) is 18.1. The van der Waals surface area contributed by atoms with E-state index in [1.807, 2.05) is 42.5 Å². The first kappa shape index (κ1) is 22.7. The van der Waals surface area contributed by atoms with E-state index in [-0.39, 0.29) is 25.5 Å². The van der Waals surface area contributed by atoms with Gasteiger partial charge in [-0.3, -0.25) is 4.79 Å². The van der Waals surface area contributed by atoms with Crippen molar-refractivity contribution in [3.05, 3.63) is 118 Å². The van der Waals surface area contributed by atoms with E-state index in [0.717, 1.165) is 5.56 Å². The van der Waals surface area contributed by atoms with Crippen LogP contribution in [0.1, 0.15) is 36.0 Å². The third-order valence-electron chi connectivity index (χ3n) is 5.82. The number of benzene rings is 3. The van der Waals surface area contributed by atoms with E-state index < -0.39 is 17.7 Å². The van der Waals surface area contributed by atoms with Crippen molar-refractivity contribution in [3.63, 3.8) is 0 Å². The molecule has 3 aromatic carbocycles. The molecular weight excluding hydrogens is 441 g/mol. The van der Waals surface area contributed by atoms with E-state index >= 15 is 0 Å². The fourth-order valence-corrected chi connectivity index (χ4v) is 4.36. The Kier molecular flexibility index (Phi) is 6.90. The lowest BCUT2D eigenvalue weighted by atomic mass is 9.83. The molecule has 4 rings (SSSR count). The van der Waals surface area contributed by atoms with Crippen molar-refractivity contribution in [2.45, 2.75) is 32.4 Å². The molecular formula is C27H23ClFNO3. The van der Waals surface area contributed by atoms with Crippen LogP contribution in [0.15, 0.2) is 90.1 Å².